The standard InChI is InChI=1S/C12H8F4N2O/c1-19-11-17-5-7(6-18-11)9-3-2-8(4-10(9)13)12(14,15)16/h2-6H,1H3. The summed E-state index contributed by atoms with van der Waals surface area (Å²) in [6, 6.07) is 2.39. The van der Waals surface area contributed by atoms with E-state index in [0.29, 0.717) is 6.07 Å². The highest BCUT2D eigenvalue weighted by atomic mass is 19.4. The van der Waals surface area contributed by atoms with Gasteiger partial charge in [0.25, 0.3) is 0 Å². The molecule has 19 heavy (non-hydrogen) atoms. The molecule has 1 aromatic heterocycles. The Morgan fingerprint density at radius 3 is 2.21 bits per heavy atom. The zero-order chi connectivity index (χ0) is 14.0. The number of methoxy groups -OCH3 is 1. The number of alkyl halides is 3. The number of rotatable bonds is 2. The van der Waals surface area contributed by atoms with E-state index in [1.165, 1.54) is 19.5 Å². The van der Waals surface area contributed by atoms with Crippen LogP contribution in [0.25, 0.3) is 11.1 Å². The monoisotopic (exact) mass is 272 g/mol. The van der Waals surface area contributed by atoms with E-state index in [1.807, 2.05) is 0 Å². The second-order valence-corrected chi connectivity index (χ2v) is 3.65. The summed E-state index contributed by atoms with van der Waals surface area (Å²) in [5, 5.41) is 0. The molecule has 0 aliphatic rings. The van der Waals surface area contributed by atoms with Crippen LogP contribution in [0.15, 0.2) is 30.6 Å². The lowest BCUT2D eigenvalue weighted by molar-refractivity contribution is -0.137. The molecule has 0 spiro atoms. The molecule has 0 fully saturated rings. The molecule has 1 heterocycles. The summed E-state index contributed by atoms with van der Waals surface area (Å²) < 4.78 is 55.6. The van der Waals surface area contributed by atoms with Gasteiger partial charge in [0.05, 0.1) is 12.7 Å². The lowest BCUT2D eigenvalue weighted by Crippen LogP contribution is -2.05. The highest BCUT2D eigenvalue weighted by Crippen LogP contribution is 2.32. The van der Waals surface area contributed by atoms with Crippen LogP contribution in [0.5, 0.6) is 6.01 Å². The van der Waals surface area contributed by atoms with Crippen LogP contribution in [0.4, 0.5) is 17.6 Å². The van der Waals surface area contributed by atoms with E-state index in [4.69, 9.17) is 4.74 Å². The summed E-state index contributed by atoms with van der Waals surface area (Å²) in [6.07, 6.45) is -2.02. The normalized spacial score (nSPS) is 11.4. The highest BCUT2D eigenvalue weighted by molar-refractivity contribution is 5.62. The maximum Gasteiger partial charge on any atom is 0.416 e. The van der Waals surface area contributed by atoms with Gasteiger partial charge in [-0.15, -0.1) is 0 Å². The van der Waals surface area contributed by atoms with E-state index in [0.717, 1.165) is 12.1 Å². The van der Waals surface area contributed by atoms with E-state index in [1.54, 1.807) is 0 Å². The minimum Gasteiger partial charge on any atom is -0.467 e. The van der Waals surface area contributed by atoms with Gasteiger partial charge in [-0.2, -0.15) is 13.2 Å². The number of aromatic nitrogens is 2. The van der Waals surface area contributed by atoms with Crippen molar-refractivity contribution >= 4 is 0 Å². The molecule has 0 bridgehead atoms. The summed E-state index contributed by atoms with van der Waals surface area (Å²) >= 11 is 0. The van der Waals surface area contributed by atoms with Crippen molar-refractivity contribution in [1.29, 1.82) is 0 Å². The molecule has 7 heteroatoms. The minimum absolute atomic E-state index is 0.00402. The third-order valence-electron chi connectivity index (χ3n) is 2.42. The van der Waals surface area contributed by atoms with Gasteiger partial charge in [0.2, 0.25) is 0 Å². The fourth-order valence-electron chi connectivity index (χ4n) is 1.49. The van der Waals surface area contributed by atoms with E-state index in [-0.39, 0.29) is 17.1 Å². The van der Waals surface area contributed by atoms with Crippen LogP contribution in [-0.4, -0.2) is 17.1 Å². The van der Waals surface area contributed by atoms with Gasteiger partial charge < -0.3 is 4.74 Å². The molecule has 0 atom stereocenters. The molecule has 0 aliphatic carbocycles. The van der Waals surface area contributed by atoms with E-state index < -0.39 is 17.6 Å². The van der Waals surface area contributed by atoms with Crippen LogP contribution in [0.1, 0.15) is 5.56 Å². The predicted molar refractivity (Wildman–Crippen MR) is 59.0 cm³/mol. The highest BCUT2D eigenvalue weighted by Gasteiger charge is 2.31. The predicted octanol–water partition coefficient (Wildman–Crippen LogP) is 3.31. The first-order valence-corrected chi connectivity index (χ1v) is 5.15. The first kappa shape index (κ1) is 13.3. The second-order valence-electron chi connectivity index (χ2n) is 3.65. The van der Waals surface area contributed by atoms with Gasteiger partial charge in [-0.3, -0.25) is 0 Å². The van der Waals surface area contributed by atoms with Crippen molar-refractivity contribution in [2.45, 2.75) is 6.18 Å². The summed E-state index contributed by atoms with van der Waals surface area (Å²) in [5.41, 5.74) is -0.772. The molecule has 0 saturated heterocycles. The Balaban J connectivity index is 2.40. The molecule has 2 rings (SSSR count). The lowest BCUT2D eigenvalue weighted by Gasteiger charge is -2.09. The first-order chi connectivity index (χ1) is 8.91. The van der Waals surface area contributed by atoms with Gasteiger partial charge in [0, 0.05) is 23.5 Å². The number of benzene rings is 1. The SMILES string of the molecule is COc1ncc(-c2ccc(C(F)(F)F)cc2F)cn1. The number of ether oxygens (including phenoxy) is 1. The van der Waals surface area contributed by atoms with Crippen molar-refractivity contribution in [3.63, 3.8) is 0 Å². The Labute approximate surface area is 105 Å². The van der Waals surface area contributed by atoms with Crippen LogP contribution in [-0.2, 0) is 6.18 Å². The number of hydrogen-bond acceptors (Lipinski definition) is 3. The Kier molecular flexibility index (Phi) is 3.37. The average Bonchev–Trinajstić information content (AvgIpc) is 2.38. The smallest absolute Gasteiger partial charge is 0.416 e. The molecule has 1 aromatic carbocycles. The van der Waals surface area contributed by atoms with Gasteiger partial charge in [0.15, 0.2) is 0 Å². The molecule has 100 valence electrons. The first-order valence-electron chi connectivity index (χ1n) is 5.15. The molecule has 2 aromatic rings. The van der Waals surface area contributed by atoms with Crippen molar-refractivity contribution in [3.8, 4) is 17.1 Å². The van der Waals surface area contributed by atoms with Gasteiger partial charge in [-0.25, -0.2) is 14.4 Å². The van der Waals surface area contributed by atoms with Crippen LogP contribution in [0.2, 0.25) is 0 Å². The molecule has 0 unspecified atom stereocenters. The summed E-state index contributed by atoms with van der Waals surface area (Å²) in [7, 11) is 1.37. The fourth-order valence-corrected chi connectivity index (χ4v) is 1.49. The maximum atomic E-state index is 13.7. The fraction of sp³-hybridized carbons (Fsp3) is 0.167. The van der Waals surface area contributed by atoms with Crippen molar-refractivity contribution in [1.82, 2.24) is 9.97 Å². The van der Waals surface area contributed by atoms with Crippen molar-refractivity contribution in [2.24, 2.45) is 0 Å². The van der Waals surface area contributed by atoms with E-state index >= 15 is 0 Å². The molecule has 0 N–H and O–H groups in total. The Hall–Kier alpha value is -2.18. The zero-order valence-electron chi connectivity index (χ0n) is 9.70. The third-order valence-corrected chi connectivity index (χ3v) is 2.42. The van der Waals surface area contributed by atoms with Gasteiger partial charge in [-0.1, -0.05) is 6.07 Å². The zero-order valence-corrected chi connectivity index (χ0v) is 9.70. The molecule has 0 aliphatic heterocycles. The Morgan fingerprint density at radius 1 is 1.11 bits per heavy atom. The van der Waals surface area contributed by atoms with Crippen LogP contribution in [0, 0.1) is 5.82 Å². The van der Waals surface area contributed by atoms with Gasteiger partial charge >= 0.3 is 12.2 Å². The summed E-state index contributed by atoms with van der Waals surface area (Å²) in [5.74, 6) is -0.983. The number of hydrogen-bond donors (Lipinski definition) is 0. The Morgan fingerprint density at radius 2 is 1.74 bits per heavy atom. The van der Waals surface area contributed by atoms with Crippen LogP contribution < -0.4 is 4.74 Å². The maximum absolute atomic E-state index is 13.7. The van der Waals surface area contributed by atoms with Crippen molar-refractivity contribution < 1.29 is 22.3 Å². The van der Waals surface area contributed by atoms with Crippen LogP contribution >= 0.6 is 0 Å². The molecular formula is C12H8F4N2O. The topological polar surface area (TPSA) is 35.0 Å². The van der Waals surface area contributed by atoms with Crippen molar-refractivity contribution in [3.05, 3.63) is 42.0 Å². The molecule has 0 amide bonds. The minimum atomic E-state index is -4.57. The largest absolute Gasteiger partial charge is 0.467 e. The van der Waals surface area contributed by atoms with E-state index in [9.17, 15) is 17.6 Å². The van der Waals surface area contributed by atoms with Crippen LogP contribution in [0.3, 0.4) is 0 Å². The average molecular weight is 272 g/mol. The van der Waals surface area contributed by atoms with Gasteiger partial charge in [-0.05, 0) is 12.1 Å². The summed E-state index contributed by atoms with van der Waals surface area (Å²) in [6.45, 7) is 0. The lowest BCUT2D eigenvalue weighted by atomic mass is 10.1. The molecule has 0 saturated carbocycles. The summed E-state index contributed by atoms with van der Waals surface area (Å²) in [4.78, 5) is 7.53. The quantitative estimate of drug-likeness (QED) is 0.787. The van der Waals surface area contributed by atoms with Crippen molar-refractivity contribution in [2.75, 3.05) is 7.11 Å². The Bertz CT molecular complexity index is 581. The number of nitrogens with zero attached hydrogens (tertiary/aromatic N) is 2. The molecule has 3 nitrogen and oxygen atoms in total. The molecule has 0 radical (unpaired) electrons. The third kappa shape index (κ3) is 2.81. The second kappa shape index (κ2) is 4.83. The number of halogens is 4. The van der Waals surface area contributed by atoms with E-state index in [2.05, 4.69) is 9.97 Å². The molecular weight excluding hydrogens is 264 g/mol. The van der Waals surface area contributed by atoms with Gasteiger partial charge in [0.1, 0.15) is 5.82 Å².